The Balaban J connectivity index is 0.00000298. The number of hydrogen-bond acceptors (Lipinski definition) is 7. The number of piperidine rings is 1. The smallest absolute Gasteiger partial charge is 0.224 e. The number of likely N-dealkylation sites (N-methyl/N-ethyl adjacent to an activating group) is 1. The molecule has 0 unspecified atom stereocenters. The summed E-state index contributed by atoms with van der Waals surface area (Å²) in [4.78, 5) is 31.0. The first-order valence-electron chi connectivity index (χ1n) is 14.0. The Morgan fingerprint density at radius 1 is 0.743 bits per heavy atom. The number of ether oxygens (including phenoxy) is 3. The van der Waals surface area contributed by atoms with E-state index in [-0.39, 0.29) is 17.6 Å². The zero-order valence-electron chi connectivity index (χ0n) is 23.3. The van der Waals surface area contributed by atoms with Crippen LogP contribution in [-0.4, -0.2) is 118 Å². The lowest BCUT2D eigenvalue weighted by molar-refractivity contribution is -0.134. The van der Waals surface area contributed by atoms with Crippen LogP contribution in [0.3, 0.4) is 0 Å². The normalized spacial score (nSPS) is 17.9. The fraction of sp³-hybridized carbons (Fsp3) is 0.926. The number of amides is 1. The first-order chi connectivity index (χ1) is 17.0. The van der Waals surface area contributed by atoms with Gasteiger partial charge in [0.25, 0.3) is 0 Å². The highest BCUT2D eigenvalue weighted by Crippen LogP contribution is 2.20. The van der Waals surface area contributed by atoms with Gasteiger partial charge < -0.3 is 28.9 Å². The van der Waals surface area contributed by atoms with Gasteiger partial charge in [0.1, 0.15) is 5.78 Å². The van der Waals surface area contributed by atoms with Crippen LogP contribution in [0.4, 0.5) is 0 Å². The van der Waals surface area contributed by atoms with E-state index < -0.39 is 0 Å². The number of nitrogens with zero attached hydrogens (tertiary/aromatic N) is 3. The summed E-state index contributed by atoms with van der Waals surface area (Å²) in [5.41, 5.74) is 0. The van der Waals surface area contributed by atoms with Crippen LogP contribution < -0.4 is 0 Å². The number of carbonyl (C=O) groups excluding carboxylic acids is 2. The molecule has 0 bridgehead atoms. The zero-order chi connectivity index (χ0) is 25.9. The second kappa shape index (κ2) is 20.0. The maximum absolute atomic E-state index is 12.4. The van der Waals surface area contributed by atoms with E-state index in [1.807, 2.05) is 32.6 Å². The van der Waals surface area contributed by atoms with Crippen LogP contribution >= 0.6 is 0 Å². The molecule has 0 atom stereocenters. The third-order valence-electron chi connectivity index (χ3n) is 6.74. The van der Waals surface area contributed by atoms with Crippen LogP contribution in [0.25, 0.3) is 0 Å². The molecule has 0 aromatic heterocycles. The molecule has 0 aromatic carbocycles. The third-order valence-corrected chi connectivity index (χ3v) is 6.74. The van der Waals surface area contributed by atoms with Gasteiger partial charge in [-0.1, -0.05) is 34.6 Å². The lowest BCUT2D eigenvalue weighted by Crippen LogP contribution is -2.49. The van der Waals surface area contributed by atoms with Crippen molar-refractivity contribution in [2.24, 2.45) is 11.8 Å². The molecule has 2 heterocycles. The van der Waals surface area contributed by atoms with Crippen molar-refractivity contribution in [2.75, 3.05) is 92.0 Å². The van der Waals surface area contributed by atoms with Gasteiger partial charge in [-0.2, -0.15) is 0 Å². The number of ketones is 1. The molecule has 2 saturated heterocycles. The standard InChI is InChI=1S/C25H47N3O5.C2H6/c1-4-26-11-13-27(14-12-26)21-23-5-9-28(10-6-23)25(30)8-16-32-18-20-33-19-17-31-15-7-24(29)22(2)3;1-2/h22-23H,4-21H2,1-3H3;1-2H3. The lowest BCUT2D eigenvalue weighted by Gasteiger charge is -2.38. The number of rotatable bonds is 16. The minimum Gasteiger partial charge on any atom is -0.379 e. The van der Waals surface area contributed by atoms with Crippen molar-refractivity contribution in [3.63, 3.8) is 0 Å². The first kappa shape index (κ1) is 32.0. The van der Waals surface area contributed by atoms with Crippen LogP contribution in [-0.2, 0) is 23.8 Å². The SMILES string of the molecule is CC.CCN1CCN(CC2CCN(C(=O)CCOCCOCCOCCC(=O)C(C)C)CC2)CC1. The number of carbonyl (C=O) groups is 2. The van der Waals surface area contributed by atoms with Crippen LogP contribution in [0, 0.1) is 11.8 Å². The van der Waals surface area contributed by atoms with E-state index in [2.05, 4.69) is 16.7 Å². The molecule has 206 valence electrons. The quantitative estimate of drug-likeness (QED) is 0.302. The zero-order valence-corrected chi connectivity index (χ0v) is 23.3. The van der Waals surface area contributed by atoms with Crippen LogP contribution in [0.5, 0.6) is 0 Å². The molecule has 2 aliphatic rings. The van der Waals surface area contributed by atoms with E-state index in [4.69, 9.17) is 14.2 Å². The van der Waals surface area contributed by atoms with Crippen molar-refractivity contribution in [3.05, 3.63) is 0 Å². The van der Waals surface area contributed by atoms with Gasteiger partial charge in [0.15, 0.2) is 0 Å². The van der Waals surface area contributed by atoms with Crippen molar-refractivity contribution < 1.29 is 23.8 Å². The largest absolute Gasteiger partial charge is 0.379 e. The molecule has 8 heteroatoms. The summed E-state index contributed by atoms with van der Waals surface area (Å²) >= 11 is 0. The number of likely N-dealkylation sites (tertiary alicyclic amines) is 1. The van der Waals surface area contributed by atoms with E-state index in [1.165, 1.54) is 32.7 Å². The van der Waals surface area contributed by atoms with Gasteiger partial charge in [0.05, 0.1) is 46.1 Å². The summed E-state index contributed by atoms with van der Waals surface area (Å²) in [6, 6.07) is 0. The van der Waals surface area contributed by atoms with Gasteiger partial charge >= 0.3 is 0 Å². The molecule has 8 nitrogen and oxygen atoms in total. The highest BCUT2D eigenvalue weighted by atomic mass is 16.5. The van der Waals surface area contributed by atoms with Crippen molar-refractivity contribution in [1.82, 2.24) is 14.7 Å². The third kappa shape index (κ3) is 14.3. The molecule has 0 N–H and O–H groups in total. The van der Waals surface area contributed by atoms with Crippen molar-refractivity contribution in [2.45, 2.75) is 60.3 Å². The topological polar surface area (TPSA) is 71.6 Å². The van der Waals surface area contributed by atoms with E-state index in [0.29, 0.717) is 52.5 Å². The average molecular weight is 500 g/mol. The van der Waals surface area contributed by atoms with Gasteiger partial charge in [-0.05, 0) is 25.3 Å². The average Bonchev–Trinajstić information content (AvgIpc) is 2.89. The monoisotopic (exact) mass is 499 g/mol. The fourth-order valence-corrected chi connectivity index (χ4v) is 4.34. The maximum Gasteiger partial charge on any atom is 0.224 e. The van der Waals surface area contributed by atoms with Crippen LogP contribution in [0.15, 0.2) is 0 Å². The Labute approximate surface area is 214 Å². The summed E-state index contributed by atoms with van der Waals surface area (Å²) in [6.07, 6.45) is 3.13. The highest BCUT2D eigenvalue weighted by Gasteiger charge is 2.25. The van der Waals surface area contributed by atoms with E-state index >= 15 is 0 Å². The minimum atomic E-state index is 0.0673. The second-order valence-corrected chi connectivity index (χ2v) is 9.52. The van der Waals surface area contributed by atoms with Crippen molar-refractivity contribution in [1.29, 1.82) is 0 Å². The molecular formula is C27H53N3O5. The molecule has 2 rings (SSSR count). The number of hydrogen-bond donors (Lipinski definition) is 0. The van der Waals surface area contributed by atoms with Crippen LogP contribution in [0.2, 0.25) is 0 Å². The summed E-state index contributed by atoms with van der Waals surface area (Å²) in [6.45, 7) is 21.7. The molecule has 0 radical (unpaired) electrons. The first-order valence-corrected chi connectivity index (χ1v) is 14.0. The van der Waals surface area contributed by atoms with Gasteiger partial charge in [0.2, 0.25) is 5.91 Å². The Kier molecular flexibility index (Phi) is 18.3. The molecule has 0 spiro atoms. The number of Topliss-reactive ketones (excluding diaryl/α,β-unsaturated/α-hetero) is 1. The van der Waals surface area contributed by atoms with Gasteiger partial charge in [0, 0.05) is 58.2 Å². The van der Waals surface area contributed by atoms with Gasteiger partial charge in [-0.25, -0.2) is 0 Å². The van der Waals surface area contributed by atoms with Crippen molar-refractivity contribution >= 4 is 11.7 Å². The minimum absolute atomic E-state index is 0.0673. The van der Waals surface area contributed by atoms with E-state index in [1.54, 1.807) is 0 Å². The molecule has 2 aliphatic heterocycles. The summed E-state index contributed by atoms with van der Waals surface area (Å²) in [5.74, 6) is 1.22. The van der Waals surface area contributed by atoms with Gasteiger partial charge in [-0.15, -0.1) is 0 Å². The van der Waals surface area contributed by atoms with E-state index in [0.717, 1.165) is 38.4 Å². The second-order valence-electron chi connectivity index (χ2n) is 9.52. The summed E-state index contributed by atoms with van der Waals surface area (Å²) in [7, 11) is 0. The molecule has 0 aromatic rings. The predicted octanol–water partition coefficient (Wildman–Crippen LogP) is 2.94. The Morgan fingerprint density at radius 3 is 1.74 bits per heavy atom. The molecule has 35 heavy (non-hydrogen) atoms. The van der Waals surface area contributed by atoms with Crippen LogP contribution in [0.1, 0.15) is 60.3 Å². The fourth-order valence-electron chi connectivity index (χ4n) is 4.34. The lowest BCUT2D eigenvalue weighted by atomic mass is 9.95. The molecule has 1 amide bonds. The molecule has 2 fully saturated rings. The Bertz CT molecular complexity index is 545. The van der Waals surface area contributed by atoms with Gasteiger partial charge in [-0.3, -0.25) is 9.59 Å². The maximum atomic E-state index is 12.4. The molecule has 0 saturated carbocycles. The Hall–Kier alpha value is -1.06. The predicted molar refractivity (Wildman–Crippen MR) is 141 cm³/mol. The summed E-state index contributed by atoms with van der Waals surface area (Å²) in [5, 5.41) is 0. The molecule has 0 aliphatic carbocycles. The summed E-state index contributed by atoms with van der Waals surface area (Å²) < 4.78 is 16.4. The highest BCUT2D eigenvalue weighted by molar-refractivity contribution is 5.80. The van der Waals surface area contributed by atoms with E-state index in [9.17, 15) is 9.59 Å². The molecular weight excluding hydrogens is 446 g/mol. The van der Waals surface area contributed by atoms with Crippen molar-refractivity contribution in [3.8, 4) is 0 Å². The Morgan fingerprint density at radius 2 is 1.23 bits per heavy atom. The number of piperazine rings is 1.